The van der Waals surface area contributed by atoms with E-state index in [2.05, 4.69) is 20.5 Å². The number of nitrogens with zero attached hydrogens (tertiary/aromatic N) is 6. The number of hydrogen-bond acceptors (Lipinski definition) is 7. The van der Waals surface area contributed by atoms with Crippen molar-refractivity contribution in [3.8, 4) is 11.4 Å². The van der Waals surface area contributed by atoms with Crippen molar-refractivity contribution >= 4 is 22.8 Å². The van der Waals surface area contributed by atoms with Crippen molar-refractivity contribution in [2.45, 2.75) is 17.8 Å². The normalized spacial score (nSPS) is 11.1. The van der Waals surface area contributed by atoms with Crippen LogP contribution < -0.4 is 0 Å². The number of rotatable bonds is 4. The molecule has 4 aromatic rings. The predicted molar refractivity (Wildman–Crippen MR) is 94.7 cm³/mol. The van der Waals surface area contributed by atoms with E-state index >= 15 is 0 Å². The summed E-state index contributed by atoms with van der Waals surface area (Å²) in [5.41, 5.74) is 4.36. The van der Waals surface area contributed by atoms with Crippen molar-refractivity contribution in [2.75, 3.05) is 0 Å². The minimum atomic E-state index is 0.202. The van der Waals surface area contributed by atoms with Crippen LogP contribution in [0.1, 0.15) is 11.4 Å². The van der Waals surface area contributed by atoms with E-state index in [4.69, 9.17) is 4.98 Å². The van der Waals surface area contributed by atoms with E-state index in [0.717, 1.165) is 28.1 Å². The number of aryl methyl sites for hydroxylation is 1. The maximum Gasteiger partial charge on any atom is 0.214 e. The first-order valence-electron chi connectivity index (χ1n) is 7.63. The van der Waals surface area contributed by atoms with Gasteiger partial charge in [-0.2, -0.15) is 4.68 Å². The Bertz CT molecular complexity index is 1030. The van der Waals surface area contributed by atoms with Crippen LogP contribution in [0.25, 0.3) is 16.7 Å². The molecule has 25 heavy (non-hydrogen) atoms. The molecule has 124 valence electrons. The molecule has 0 saturated heterocycles. The van der Waals surface area contributed by atoms with Crippen molar-refractivity contribution in [3.63, 3.8) is 0 Å². The summed E-state index contributed by atoms with van der Waals surface area (Å²) in [6.45, 7) is 1.96. The molecule has 8 heteroatoms. The lowest BCUT2D eigenvalue weighted by atomic mass is 10.2. The highest BCUT2D eigenvalue weighted by Crippen LogP contribution is 2.24. The van der Waals surface area contributed by atoms with Crippen LogP contribution in [0.15, 0.2) is 53.7 Å². The fourth-order valence-electron chi connectivity index (χ4n) is 2.42. The van der Waals surface area contributed by atoms with Crippen LogP contribution in [0.4, 0.5) is 0 Å². The second kappa shape index (κ2) is 6.48. The molecule has 2 heterocycles. The lowest BCUT2D eigenvalue weighted by Gasteiger charge is -2.07. The van der Waals surface area contributed by atoms with Crippen LogP contribution in [0.5, 0.6) is 5.75 Å². The first-order valence-corrected chi connectivity index (χ1v) is 8.62. The van der Waals surface area contributed by atoms with Gasteiger partial charge < -0.3 is 5.11 Å². The molecule has 0 aliphatic rings. The first kappa shape index (κ1) is 15.5. The van der Waals surface area contributed by atoms with E-state index in [-0.39, 0.29) is 5.75 Å². The van der Waals surface area contributed by atoms with Crippen LogP contribution in [0, 0.1) is 6.92 Å². The van der Waals surface area contributed by atoms with Gasteiger partial charge in [0.2, 0.25) is 5.16 Å². The third-order valence-corrected chi connectivity index (χ3v) is 4.65. The Kier molecular flexibility index (Phi) is 4.02. The minimum Gasteiger partial charge on any atom is -0.508 e. The lowest BCUT2D eigenvalue weighted by molar-refractivity contribution is 0.475. The van der Waals surface area contributed by atoms with Gasteiger partial charge in [0.25, 0.3) is 0 Å². The number of aromatic nitrogens is 6. The Balaban J connectivity index is 1.59. The van der Waals surface area contributed by atoms with Gasteiger partial charge in [-0.3, -0.25) is 0 Å². The molecular weight excluding hydrogens is 336 g/mol. The molecule has 4 rings (SSSR count). The number of phenolic OH excluding ortho intramolecular Hbond substituents is 1. The average molecular weight is 350 g/mol. The molecular formula is C17H14N6OS. The molecule has 2 aromatic heterocycles. The third kappa shape index (κ3) is 3.16. The predicted octanol–water partition coefficient (Wildman–Crippen LogP) is 2.91. The Hall–Kier alpha value is -3.00. The van der Waals surface area contributed by atoms with Crippen molar-refractivity contribution in [1.29, 1.82) is 0 Å². The van der Waals surface area contributed by atoms with Crippen molar-refractivity contribution in [1.82, 2.24) is 30.2 Å². The van der Waals surface area contributed by atoms with Gasteiger partial charge >= 0.3 is 0 Å². The summed E-state index contributed by atoms with van der Waals surface area (Å²) < 4.78 is 1.63. The maximum absolute atomic E-state index is 9.41. The summed E-state index contributed by atoms with van der Waals surface area (Å²) in [4.78, 5) is 9.30. The molecule has 0 aliphatic heterocycles. The molecule has 0 saturated carbocycles. The largest absolute Gasteiger partial charge is 0.508 e. The Morgan fingerprint density at radius 2 is 1.72 bits per heavy atom. The van der Waals surface area contributed by atoms with Crippen LogP contribution in [0.2, 0.25) is 0 Å². The zero-order valence-corrected chi connectivity index (χ0v) is 14.2. The SMILES string of the molecule is Cc1nc2ccccc2nc1CSc1nnnn1-c1ccc(O)cc1. The Morgan fingerprint density at radius 3 is 2.48 bits per heavy atom. The van der Waals surface area contributed by atoms with Gasteiger partial charge in [-0.25, -0.2) is 9.97 Å². The van der Waals surface area contributed by atoms with Crippen molar-refractivity contribution in [2.24, 2.45) is 0 Å². The van der Waals surface area contributed by atoms with Crippen molar-refractivity contribution in [3.05, 3.63) is 59.9 Å². The number of phenols is 1. The summed E-state index contributed by atoms with van der Waals surface area (Å²) >= 11 is 1.49. The summed E-state index contributed by atoms with van der Waals surface area (Å²) in [5, 5.41) is 21.9. The molecule has 0 spiro atoms. The molecule has 0 atom stereocenters. The third-order valence-electron chi connectivity index (χ3n) is 3.72. The molecule has 0 bridgehead atoms. The summed E-state index contributed by atoms with van der Waals surface area (Å²) in [5.74, 6) is 0.815. The second-order valence-electron chi connectivity index (χ2n) is 5.42. The van der Waals surface area contributed by atoms with Crippen molar-refractivity contribution < 1.29 is 5.11 Å². The van der Waals surface area contributed by atoms with Crippen LogP contribution >= 0.6 is 11.8 Å². The van der Waals surface area contributed by atoms with E-state index in [1.54, 1.807) is 28.9 Å². The number of fused-ring (bicyclic) bond motifs is 1. The molecule has 0 fully saturated rings. The highest BCUT2D eigenvalue weighted by atomic mass is 32.2. The monoisotopic (exact) mass is 350 g/mol. The van der Waals surface area contributed by atoms with E-state index in [1.165, 1.54) is 11.8 Å². The van der Waals surface area contributed by atoms with E-state index in [1.807, 2.05) is 31.2 Å². The molecule has 7 nitrogen and oxygen atoms in total. The number of thioether (sulfide) groups is 1. The van der Waals surface area contributed by atoms with Gasteiger partial charge in [-0.1, -0.05) is 23.9 Å². The molecule has 2 aromatic carbocycles. The molecule has 0 radical (unpaired) electrons. The molecule has 1 N–H and O–H groups in total. The quantitative estimate of drug-likeness (QED) is 0.566. The number of para-hydroxylation sites is 2. The topological polar surface area (TPSA) is 89.6 Å². The van der Waals surface area contributed by atoms with Gasteiger partial charge in [-0.05, 0) is 53.7 Å². The Labute approximate surface area is 147 Å². The number of aromatic hydroxyl groups is 1. The van der Waals surface area contributed by atoms with Gasteiger partial charge in [0, 0.05) is 5.75 Å². The second-order valence-corrected chi connectivity index (χ2v) is 6.37. The minimum absolute atomic E-state index is 0.202. The number of tetrazole rings is 1. The van der Waals surface area contributed by atoms with E-state index in [9.17, 15) is 5.11 Å². The molecule has 0 unspecified atom stereocenters. The zero-order chi connectivity index (χ0) is 17.2. The number of hydrogen-bond donors (Lipinski definition) is 1. The standard InChI is InChI=1S/C17H14N6OS/c1-11-16(19-15-5-3-2-4-14(15)18-11)10-25-17-20-21-22-23(17)12-6-8-13(24)9-7-12/h2-9,24H,10H2,1H3. The van der Waals surface area contributed by atoms with Gasteiger partial charge in [0.05, 0.1) is 28.1 Å². The summed E-state index contributed by atoms with van der Waals surface area (Å²) in [6.07, 6.45) is 0. The zero-order valence-electron chi connectivity index (χ0n) is 13.4. The fraction of sp³-hybridized carbons (Fsp3) is 0.118. The summed E-state index contributed by atoms with van der Waals surface area (Å²) in [6, 6.07) is 14.5. The van der Waals surface area contributed by atoms with Crippen LogP contribution in [0.3, 0.4) is 0 Å². The van der Waals surface area contributed by atoms with Gasteiger partial charge in [0.1, 0.15) is 5.75 Å². The molecule has 0 aliphatic carbocycles. The van der Waals surface area contributed by atoms with Gasteiger partial charge in [0.15, 0.2) is 0 Å². The molecule has 0 amide bonds. The van der Waals surface area contributed by atoms with Gasteiger partial charge in [-0.15, -0.1) is 5.10 Å². The smallest absolute Gasteiger partial charge is 0.214 e. The van der Waals surface area contributed by atoms with E-state index < -0.39 is 0 Å². The highest BCUT2D eigenvalue weighted by molar-refractivity contribution is 7.98. The Morgan fingerprint density at radius 1 is 1.00 bits per heavy atom. The maximum atomic E-state index is 9.41. The number of benzene rings is 2. The van der Waals surface area contributed by atoms with Crippen LogP contribution in [-0.4, -0.2) is 35.3 Å². The van der Waals surface area contributed by atoms with E-state index in [0.29, 0.717) is 10.9 Å². The fourth-order valence-corrected chi connectivity index (χ4v) is 3.32. The lowest BCUT2D eigenvalue weighted by Crippen LogP contribution is -2.00. The summed E-state index contributed by atoms with van der Waals surface area (Å²) in [7, 11) is 0. The first-order chi connectivity index (χ1) is 12.2. The van der Waals surface area contributed by atoms with Crippen LogP contribution in [-0.2, 0) is 5.75 Å². The highest BCUT2D eigenvalue weighted by Gasteiger charge is 2.12. The average Bonchev–Trinajstić information content (AvgIpc) is 3.09.